The summed E-state index contributed by atoms with van der Waals surface area (Å²) in [6.07, 6.45) is 3.38. The first-order valence-electron chi connectivity index (χ1n) is 16.2. The third kappa shape index (κ3) is 11.2. The fraction of sp³-hybridized carbons (Fsp3) is 0.545. The van der Waals surface area contributed by atoms with E-state index in [1.54, 1.807) is 45.9 Å². The number of carbonyl (C=O) groups is 4. The van der Waals surface area contributed by atoms with Crippen molar-refractivity contribution in [3.8, 4) is 0 Å². The Morgan fingerprint density at radius 1 is 1.08 bits per heavy atom. The summed E-state index contributed by atoms with van der Waals surface area (Å²) < 4.78 is 39.9. The van der Waals surface area contributed by atoms with Gasteiger partial charge in [0.05, 0.1) is 17.9 Å². The number of sulfonamides is 1. The molecule has 1 aliphatic heterocycles. The zero-order valence-corrected chi connectivity index (χ0v) is 28.8. The van der Waals surface area contributed by atoms with Crippen LogP contribution in [0.15, 0.2) is 52.5 Å². The molecule has 1 heterocycles. The normalized spacial score (nSPS) is 17.5. The van der Waals surface area contributed by atoms with E-state index in [0.717, 1.165) is 18.2 Å². The second kappa shape index (κ2) is 16.2. The number of benzene rings is 2. The van der Waals surface area contributed by atoms with E-state index in [-0.39, 0.29) is 36.6 Å². The van der Waals surface area contributed by atoms with Crippen molar-refractivity contribution in [2.24, 2.45) is 11.0 Å². The molecule has 14 nitrogen and oxygen atoms in total. The van der Waals surface area contributed by atoms with Crippen LogP contribution >= 0.6 is 0 Å². The largest absolute Gasteiger partial charge is 0.465 e. The number of nitrogens with one attached hydrogen (secondary N) is 3. The molecule has 262 valence electrons. The third-order valence-electron chi connectivity index (χ3n) is 7.81. The summed E-state index contributed by atoms with van der Waals surface area (Å²) in [6.45, 7) is 8.28. The molecular weight excluding hydrogens is 640 g/mol. The number of likely N-dealkylation sites (tertiary alicyclic amines) is 1. The average molecular weight is 687 g/mol. The van der Waals surface area contributed by atoms with E-state index >= 15 is 0 Å². The first-order valence-corrected chi connectivity index (χ1v) is 17.7. The molecule has 1 saturated heterocycles. The Bertz CT molecular complexity index is 1600. The summed E-state index contributed by atoms with van der Waals surface area (Å²) >= 11 is 0. The van der Waals surface area contributed by atoms with Crippen LogP contribution in [0.3, 0.4) is 0 Å². The number of hydrazone groups is 1. The van der Waals surface area contributed by atoms with E-state index in [9.17, 15) is 27.6 Å². The van der Waals surface area contributed by atoms with Crippen LogP contribution in [-0.4, -0.2) is 98.9 Å². The van der Waals surface area contributed by atoms with Gasteiger partial charge >= 0.3 is 12.1 Å². The molecule has 48 heavy (non-hydrogen) atoms. The quantitative estimate of drug-likeness (QED) is 0.117. The van der Waals surface area contributed by atoms with E-state index < -0.39 is 52.0 Å². The lowest BCUT2D eigenvalue weighted by Gasteiger charge is -2.31. The van der Waals surface area contributed by atoms with Crippen LogP contribution in [0.25, 0.3) is 10.8 Å². The zero-order valence-electron chi connectivity index (χ0n) is 27.9. The topological polar surface area (TPSA) is 176 Å². The molecule has 0 radical (unpaired) electrons. The van der Waals surface area contributed by atoms with Crippen molar-refractivity contribution in [3.05, 3.63) is 42.5 Å². The van der Waals surface area contributed by atoms with Gasteiger partial charge in [-0.1, -0.05) is 30.3 Å². The number of carbonyl (C=O) groups excluding carboxylic acids is 4. The van der Waals surface area contributed by atoms with Crippen molar-refractivity contribution in [3.63, 3.8) is 0 Å². The van der Waals surface area contributed by atoms with E-state index in [4.69, 9.17) is 9.47 Å². The Kier molecular flexibility index (Phi) is 12.4. The Labute approximate surface area is 281 Å². The minimum atomic E-state index is -4.24. The molecule has 2 fully saturated rings. The lowest BCUT2D eigenvalue weighted by atomic mass is 9.98. The summed E-state index contributed by atoms with van der Waals surface area (Å²) in [5.74, 6) is -1.74. The number of ether oxygens (including phenoxy) is 2. The number of fused-ring (bicyclic) bond motifs is 1. The summed E-state index contributed by atoms with van der Waals surface area (Å²) in [5.41, 5.74) is 1.69. The van der Waals surface area contributed by atoms with Crippen LogP contribution in [0.2, 0.25) is 0 Å². The Morgan fingerprint density at radius 3 is 2.50 bits per heavy atom. The molecule has 0 spiro atoms. The fourth-order valence-electron chi connectivity index (χ4n) is 5.44. The Hall–Kier alpha value is -4.24. The van der Waals surface area contributed by atoms with Gasteiger partial charge in [0.2, 0.25) is 21.8 Å². The average Bonchev–Trinajstić information content (AvgIpc) is 3.87. The van der Waals surface area contributed by atoms with E-state index in [1.807, 2.05) is 17.0 Å². The predicted molar refractivity (Wildman–Crippen MR) is 179 cm³/mol. The van der Waals surface area contributed by atoms with Gasteiger partial charge < -0.3 is 24.6 Å². The minimum Gasteiger partial charge on any atom is -0.465 e. The highest BCUT2D eigenvalue weighted by atomic mass is 32.2. The smallest absolute Gasteiger partial charge is 0.428 e. The molecule has 2 aromatic carbocycles. The van der Waals surface area contributed by atoms with Gasteiger partial charge in [-0.2, -0.15) is 9.82 Å². The van der Waals surface area contributed by atoms with Crippen LogP contribution in [0.5, 0.6) is 0 Å². The maximum atomic E-state index is 13.8. The molecule has 2 aliphatic rings. The molecule has 0 bridgehead atoms. The van der Waals surface area contributed by atoms with Crippen molar-refractivity contribution >= 4 is 51.0 Å². The molecule has 4 rings (SSSR count). The SMILES string of the molecule is CCOC(=O)CN(C(=O)[C@H](CC(=O)NC[C@@H]1CCCN(C=NNC(=O)OC(C)(C)C)C1)NS(=O)(=O)c1ccc2ccccc2c1)C1CC1. The molecule has 0 unspecified atom stereocenters. The van der Waals surface area contributed by atoms with E-state index in [1.165, 1.54) is 23.4 Å². The number of rotatable bonds is 14. The maximum absolute atomic E-state index is 13.8. The first kappa shape index (κ1) is 36.6. The van der Waals surface area contributed by atoms with Crippen LogP contribution in [0, 0.1) is 5.92 Å². The highest BCUT2D eigenvalue weighted by Gasteiger charge is 2.39. The summed E-state index contributed by atoms with van der Waals surface area (Å²) in [7, 11) is -4.24. The summed E-state index contributed by atoms with van der Waals surface area (Å²) in [6, 6.07) is 10.2. The molecule has 2 atom stereocenters. The predicted octanol–water partition coefficient (Wildman–Crippen LogP) is 2.73. The molecule has 1 aliphatic carbocycles. The Balaban J connectivity index is 1.42. The second-order valence-electron chi connectivity index (χ2n) is 13.1. The number of amides is 3. The molecular formula is C33H46N6O8S. The standard InChI is InChI=1S/C33H46N6O8S/c1-5-46-30(41)21-39(26-13-14-26)31(42)28(37-48(44,45)27-15-12-24-10-6-7-11-25(24)17-27)18-29(40)34-19-23-9-8-16-38(20-23)22-35-36-32(43)47-33(2,3)4/h6-7,10-12,15,17,22-23,26,28,37H,5,8-9,13-14,16,18-21H2,1-4H3,(H,34,40)(H,36,43)/t23-,28-/m0/s1. The molecule has 1 saturated carbocycles. The molecule has 3 N–H and O–H groups in total. The molecule has 2 aromatic rings. The molecule has 0 aromatic heterocycles. The highest BCUT2D eigenvalue weighted by molar-refractivity contribution is 7.89. The van der Waals surface area contributed by atoms with E-state index in [2.05, 4.69) is 20.6 Å². The summed E-state index contributed by atoms with van der Waals surface area (Å²) in [4.78, 5) is 54.5. The van der Waals surface area contributed by atoms with Crippen molar-refractivity contribution in [2.75, 3.05) is 32.8 Å². The van der Waals surface area contributed by atoms with Crippen molar-refractivity contribution in [1.82, 2.24) is 25.3 Å². The Morgan fingerprint density at radius 2 is 1.81 bits per heavy atom. The van der Waals surface area contributed by atoms with Crippen molar-refractivity contribution in [2.45, 2.75) is 82.4 Å². The zero-order chi connectivity index (χ0) is 34.9. The van der Waals surface area contributed by atoms with Crippen molar-refractivity contribution < 1.29 is 37.1 Å². The van der Waals surface area contributed by atoms with Gasteiger partial charge in [0, 0.05) is 25.7 Å². The highest BCUT2D eigenvalue weighted by Crippen LogP contribution is 2.28. The lowest BCUT2D eigenvalue weighted by Crippen LogP contribution is -2.52. The monoisotopic (exact) mass is 686 g/mol. The number of esters is 1. The van der Waals surface area contributed by atoms with Gasteiger partial charge in [0.25, 0.3) is 0 Å². The molecule has 3 amide bonds. The summed E-state index contributed by atoms with van der Waals surface area (Å²) in [5, 5.41) is 8.37. The lowest BCUT2D eigenvalue weighted by molar-refractivity contribution is -0.150. The van der Waals surface area contributed by atoms with Gasteiger partial charge in [0.15, 0.2) is 0 Å². The van der Waals surface area contributed by atoms with Crippen LogP contribution in [-0.2, 0) is 33.9 Å². The maximum Gasteiger partial charge on any atom is 0.428 e. The van der Waals surface area contributed by atoms with Gasteiger partial charge in [-0.05, 0) is 82.2 Å². The van der Waals surface area contributed by atoms with Crippen LogP contribution < -0.4 is 15.5 Å². The number of hydrogen-bond donors (Lipinski definition) is 3. The minimum absolute atomic E-state index is 0.0471. The first-order chi connectivity index (χ1) is 22.7. The number of hydrogen-bond acceptors (Lipinski definition) is 9. The van der Waals surface area contributed by atoms with Crippen LogP contribution in [0.4, 0.5) is 4.79 Å². The van der Waals surface area contributed by atoms with Gasteiger partial charge in [0.1, 0.15) is 24.5 Å². The van der Waals surface area contributed by atoms with Crippen LogP contribution in [0.1, 0.15) is 59.8 Å². The van der Waals surface area contributed by atoms with Gasteiger partial charge in [-0.15, -0.1) is 0 Å². The molecule has 15 heteroatoms. The fourth-order valence-corrected chi connectivity index (χ4v) is 6.66. The number of nitrogens with zero attached hydrogens (tertiary/aromatic N) is 3. The number of piperidine rings is 1. The van der Waals surface area contributed by atoms with Gasteiger partial charge in [-0.3, -0.25) is 14.4 Å². The van der Waals surface area contributed by atoms with Crippen molar-refractivity contribution in [1.29, 1.82) is 0 Å². The third-order valence-corrected chi connectivity index (χ3v) is 9.28. The van der Waals surface area contributed by atoms with E-state index in [0.29, 0.717) is 31.3 Å². The van der Waals surface area contributed by atoms with Gasteiger partial charge in [-0.25, -0.2) is 18.6 Å². The second-order valence-corrected chi connectivity index (χ2v) is 14.8.